The van der Waals surface area contributed by atoms with Gasteiger partial charge in [-0.2, -0.15) is 0 Å². The molecule has 0 spiro atoms. The Labute approximate surface area is 76.6 Å². The van der Waals surface area contributed by atoms with Gasteiger partial charge in [0.2, 0.25) is 12.2 Å². The van der Waals surface area contributed by atoms with Gasteiger partial charge in [-0.25, -0.2) is 0 Å². The van der Waals surface area contributed by atoms with Crippen LogP contribution in [0.4, 0.5) is 0 Å². The lowest BCUT2D eigenvalue weighted by molar-refractivity contribution is -0.119. The van der Waals surface area contributed by atoms with Crippen LogP contribution in [0.1, 0.15) is 5.56 Å². The van der Waals surface area contributed by atoms with Crippen LogP contribution in [0.3, 0.4) is 0 Å². The number of amides is 1. The Hall–Kier alpha value is -1.64. The molecule has 1 aromatic carbocycles. The summed E-state index contributed by atoms with van der Waals surface area (Å²) in [6.07, 6.45) is 1.96. The van der Waals surface area contributed by atoms with Crippen LogP contribution in [-0.4, -0.2) is 12.2 Å². The van der Waals surface area contributed by atoms with E-state index in [2.05, 4.69) is 0 Å². The highest BCUT2D eigenvalue weighted by molar-refractivity contribution is 5.90. The summed E-state index contributed by atoms with van der Waals surface area (Å²) in [4.78, 5) is 21.0. The molecule has 67 valence electrons. The molecule has 3 nitrogen and oxygen atoms in total. The van der Waals surface area contributed by atoms with Crippen LogP contribution in [0, 0.1) is 5.92 Å². The Morgan fingerprint density at radius 2 is 2.00 bits per heavy atom. The first-order valence-corrected chi connectivity index (χ1v) is 3.95. The second-order valence-corrected chi connectivity index (χ2v) is 2.76. The summed E-state index contributed by atoms with van der Waals surface area (Å²) in [5.41, 5.74) is 5.91. The molecule has 0 aromatic heterocycles. The van der Waals surface area contributed by atoms with Crippen LogP contribution < -0.4 is 5.73 Å². The van der Waals surface area contributed by atoms with Crippen molar-refractivity contribution in [3.8, 4) is 0 Å². The van der Waals surface area contributed by atoms with E-state index in [0.29, 0.717) is 6.42 Å². The van der Waals surface area contributed by atoms with Crippen LogP contribution in [0.2, 0.25) is 0 Å². The molecule has 0 aliphatic heterocycles. The predicted molar refractivity (Wildman–Crippen MR) is 48.5 cm³/mol. The topological polar surface area (TPSA) is 60.2 Å². The van der Waals surface area contributed by atoms with Crippen LogP contribution in [0.25, 0.3) is 0 Å². The van der Waals surface area contributed by atoms with Crippen LogP contribution in [-0.2, 0) is 16.0 Å². The highest BCUT2D eigenvalue weighted by Crippen LogP contribution is 2.05. The molecule has 0 aliphatic rings. The molecule has 1 aromatic rings. The monoisotopic (exact) mass is 176 g/mol. The molecule has 1 rings (SSSR count). The van der Waals surface area contributed by atoms with E-state index >= 15 is 0 Å². The maximum atomic E-state index is 10.7. The van der Waals surface area contributed by atoms with Crippen molar-refractivity contribution >= 4 is 12.2 Å². The lowest BCUT2D eigenvalue weighted by Crippen LogP contribution is -2.26. The Balaban J connectivity index is 2.67. The molecule has 13 heavy (non-hydrogen) atoms. The minimum atomic E-state index is -0.831. The highest BCUT2D eigenvalue weighted by Gasteiger charge is 2.15. The highest BCUT2D eigenvalue weighted by atomic mass is 16.2. The molecule has 1 atom stereocenters. The first-order valence-electron chi connectivity index (χ1n) is 3.95. The zero-order chi connectivity index (χ0) is 9.68. The van der Waals surface area contributed by atoms with Crippen molar-refractivity contribution in [1.82, 2.24) is 0 Å². The predicted octanol–water partition coefficient (Wildman–Crippen LogP) is 0.440. The van der Waals surface area contributed by atoms with E-state index in [1.807, 2.05) is 30.3 Å². The summed E-state index contributed by atoms with van der Waals surface area (Å²) in [7, 11) is 0. The third-order valence-corrected chi connectivity index (χ3v) is 1.77. The fraction of sp³-hybridized carbons (Fsp3) is 0.200. The Morgan fingerprint density at radius 3 is 2.46 bits per heavy atom. The molecule has 0 heterocycles. The normalized spacial score (nSPS) is 12.0. The summed E-state index contributed by atoms with van der Waals surface area (Å²) in [5.74, 6) is -1.46. The fourth-order valence-electron chi connectivity index (χ4n) is 1.05. The lowest BCUT2D eigenvalue weighted by atomic mass is 10.0. The molecule has 0 aliphatic carbocycles. The van der Waals surface area contributed by atoms with Gasteiger partial charge < -0.3 is 5.73 Å². The summed E-state index contributed by atoms with van der Waals surface area (Å²) in [6, 6.07) is 9.24. The number of carbonyl (C=O) groups is 1. The Bertz CT molecular complexity index is 295. The van der Waals surface area contributed by atoms with E-state index in [9.17, 15) is 9.59 Å². The van der Waals surface area contributed by atoms with E-state index < -0.39 is 11.8 Å². The quantitative estimate of drug-likeness (QED) is 0.677. The summed E-state index contributed by atoms with van der Waals surface area (Å²) < 4.78 is 0. The van der Waals surface area contributed by atoms with Crippen molar-refractivity contribution in [2.75, 3.05) is 0 Å². The van der Waals surface area contributed by atoms with E-state index in [1.54, 1.807) is 6.29 Å². The largest absolute Gasteiger partial charge is 0.369 e. The van der Waals surface area contributed by atoms with Crippen LogP contribution in [0.5, 0.6) is 0 Å². The van der Waals surface area contributed by atoms with Crippen molar-refractivity contribution < 1.29 is 9.59 Å². The molecule has 2 N–H and O–H groups in total. The first kappa shape index (κ1) is 9.45. The minimum absolute atomic E-state index is 0.333. The van der Waals surface area contributed by atoms with Crippen molar-refractivity contribution in [1.29, 1.82) is 0 Å². The molecular weight excluding hydrogens is 166 g/mol. The smallest absolute Gasteiger partial charge is 0.228 e. The molecule has 0 saturated heterocycles. The third kappa shape index (κ3) is 2.71. The van der Waals surface area contributed by atoms with E-state index in [0.717, 1.165) is 5.56 Å². The van der Waals surface area contributed by atoms with Gasteiger partial charge in [-0.1, -0.05) is 30.3 Å². The Kier molecular flexibility index (Phi) is 3.20. The van der Waals surface area contributed by atoms with Gasteiger partial charge in [0.1, 0.15) is 5.92 Å². The number of benzene rings is 1. The van der Waals surface area contributed by atoms with E-state index in [1.165, 1.54) is 0 Å². The molecule has 3 heteroatoms. The summed E-state index contributed by atoms with van der Waals surface area (Å²) in [6.45, 7) is 0. The van der Waals surface area contributed by atoms with Gasteiger partial charge in [-0.05, 0) is 12.0 Å². The standard InChI is InChI=1S/C10H10NO2/c11-10(13)9(7-12)6-8-4-2-1-3-5-8/h1-5,9H,6H2,(H2,11,13)/t9-/m1/s1. The number of primary amides is 1. The maximum absolute atomic E-state index is 10.7. The lowest BCUT2D eigenvalue weighted by Gasteiger charge is -2.03. The first-order chi connectivity index (χ1) is 6.24. The van der Waals surface area contributed by atoms with Gasteiger partial charge in [0.25, 0.3) is 0 Å². The molecular formula is C10H10NO2. The SMILES string of the molecule is NC(=O)[C@@H]([C]=O)Cc1ccccc1. The van der Waals surface area contributed by atoms with Gasteiger partial charge in [-0.15, -0.1) is 0 Å². The zero-order valence-corrected chi connectivity index (χ0v) is 7.07. The van der Waals surface area contributed by atoms with Crippen molar-refractivity contribution in [3.05, 3.63) is 35.9 Å². The molecule has 1 amide bonds. The van der Waals surface area contributed by atoms with Crippen molar-refractivity contribution in [3.63, 3.8) is 0 Å². The fourth-order valence-corrected chi connectivity index (χ4v) is 1.05. The molecule has 0 bridgehead atoms. The second kappa shape index (κ2) is 4.40. The van der Waals surface area contributed by atoms with Gasteiger partial charge in [0, 0.05) is 0 Å². The van der Waals surface area contributed by atoms with Crippen LogP contribution >= 0.6 is 0 Å². The van der Waals surface area contributed by atoms with Gasteiger partial charge in [0.15, 0.2) is 0 Å². The zero-order valence-electron chi connectivity index (χ0n) is 7.07. The average molecular weight is 176 g/mol. The summed E-state index contributed by atoms with van der Waals surface area (Å²) in [5, 5.41) is 0. The van der Waals surface area contributed by atoms with Gasteiger partial charge >= 0.3 is 0 Å². The molecule has 1 radical (unpaired) electrons. The van der Waals surface area contributed by atoms with Gasteiger partial charge in [0.05, 0.1) is 0 Å². The Morgan fingerprint density at radius 1 is 1.38 bits per heavy atom. The van der Waals surface area contributed by atoms with Crippen molar-refractivity contribution in [2.45, 2.75) is 6.42 Å². The third-order valence-electron chi connectivity index (χ3n) is 1.77. The minimum Gasteiger partial charge on any atom is -0.369 e. The van der Waals surface area contributed by atoms with E-state index in [-0.39, 0.29) is 0 Å². The number of hydrogen-bond donors (Lipinski definition) is 1. The van der Waals surface area contributed by atoms with Crippen molar-refractivity contribution in [2.24, 2.45) is 11.7 Å². The molecule has 0 saturated carbocycles. The number of nitrogens with two attached hydrogens (primary N) is 1. The number of rotatable bonds is 4. The van der Waals surface area contributed by atoms with Gasteiger partial charge in [-0.3, -0.25) is 9.59 Å². The molecule has 0 fully saturated rings. The number of hydrogen-bond acceptors (Lipinski definition) is 2. The molecule has 0 unspecified atom stereocenters. The average Bonchev–Trinajstić information content (AvgIpc) is 2.15. The van der Waals surface area contributed by atoms with Crippen LogP contribution in [0.15, 0.2) is 30.3 Å². The summed E-state index contributed by atoms with van der Waals surface area (Å²) >= 11 is 0. The number of carbonyl (C=O) groups excluding carboxylic acids is 2. The van der Waals surface area contributed by atoms with E-state index in [4.69, 9.17) is 5.73 Å². The second-order valence-electron chi connectivity index (χ2n) is 2.76. The maximum Gasteiger partial charge on any atom is 0.228 e.